The van der Waals surface area contributed by atoms with Gasteiger partial charge < -0.3 is 19.8 Å². The molecule has 4 aliphatic rings. The second-order valence-corrected chi connectivity index (χ2v) is 12.2. The number of carbonyl (C=O) groups is 3. The number of halogens is 1. The van der Waals surface area contributed by atoms with E-state index < -0.39 is 17.6 Å². The molecule has 4 aliphatic heterocycles. The number of aryl methyl sites for hydroxylation is 1. The van der Waals surface area contributed by atoms with E-state index in [9.17, 15) is 23.6 Å². The van der Waals surface area contributed by atoms with Gasteiger partial charge in [-0.1, -0.05) is 17.8 Å². The van der Waals surface area contributed by atoms with Crippen LogP contribution in [0.15, 0.2) is 58.5 Å². The molecular formula is C34H43FN6O6. The fourth-order valence-corrected chi connectivity index (χ4v) is 6.35. The summed E-state index contributed by atoms with van der Waals surface area (Å²) in [4.78, 5) is 62.5. The summed E-state index contributed by atoms with van der Waals surface area (Å²) in [5, 5.41) is 7.06. The molecule has 5 rings (SSSR count). The predicted molar refractivity (Wildman–Crippen MR) is 173 cm³/mol. The average molecular weight is 651 g/mol. The lowest BCUT2D eigenvalue weighted by atomic mass is 9.90. The van der Waals surface area contributed by atoms with E-state index in [1.807, 2.05) is 6.92 Å². The van der Waals surface area contributed by atoms with Crippen molar-refractivity contribution in [2.24, 2.45) is 11.1 Å². The van der Waals surface area contributed by atoms with Gasteiger partial charge in [0, 0.05) is 81.0 Å². The number of ether oxygens (including phenoxy) is 1. The van der Waals surface area contributed by atoms with Crippen molar-refractivity contribution in [3.63, 3.8) is 0 Å². The molecule has 0 aromatic carbocycles. The summed E-state index contributed by atoms with van der Waals surface area (Å²) in [5.41, 5.74) is 2.36. The Morgan fingerprint density at radius 2 is 1.87 bits per heavy atom. The Balaban J connectivity index is 1.06. The maximum atomic E-state index is 13.8. The molecule has 1 fully saturated rings. The number of nitrogens with one attached hydrogen (secondary N) is 1. The van der Waals surface area contributed by atoms with Crippen molar-refractivity contribution in [1.82, 2.24) is 24.7 Å². The molecule has 13 heteroatoms. The third-order valence-corrected chi connectivity index (χ3v) is 8.98. The van der Waals surface area contributed by atoms with Crippen LogP contribution in [0.1, 0.15) is 68.1 Å². The topological polar surface area (TPSA) is 135 Å². The van der Waals surface area contributed by atoms with Gasteiger partial charge in [-0.3, -0.25) is 28.6 Å². The van der Waals surface area contributed by atoms with E-state index in [1.165, 1.54) is 24.3 Å². The van der Waals surface area contributed by atoms with E-state index in [-0.39, 0.29) is 42.2 Å². The molecule has 1 aromatic heterocycles. The highest BCUT2D eigenvalue weighted by molar-refractivity contribution is 6.13. The van der Waals surface area contributed by atoms with Crippen molar-refractivity contribution in [3.8, 4) is 0 Å². The van der Waals surface area contributed by atoms with Crippen LogP contribution in [0.3, 0.4) is 0 Å². The maximum Gasteiger partial charge on any atom is 0.257 e. The molecule has 47 heavy (non-hydrogen) atoms. The van der Waals surface area contributed by atoms with Crippen LogP contribution in [-0.2, 0) is 36.9 Å². The molecule has 5 heterocycles. The smallest absolute Gasteiger partial charge is 0.257 e. The van der Waals surface area contributed by atoms with Crippen molar-refractivity contribution in [2.75, 3.05) is 39.3 Å². The quantitative estimate of drug-likeness (QED) is 0.269. The fraction of sp³-hybridized carbons (Fsp3) is 0.529. The Hall–Kier alpha value is -4.23. The van der Waals surface area contributed by atoms with Gasteiger partial charge in [-0.15, -0.1) is 0 Å². The molecule has 0 aliphatic carbocycles. The standard InChI is InChI=1S/C34H43FN6O6/c1-23-22-26(35)6-3-7-28(38-47-23)25-11-17-39(18-12-25)19-13-27-24(2)37-33-29(8-4-16-41(33)34(27)45)46-21-5-15-36-30(42)14-20-40-31(43)9-10-32(40)44/h3,6,9-10,22,25,29H,1,4-5,7-8,11-21H2,2H3,(H,36,42)/b6-3-,26-22+,38-28+. The van der Waals surface area contributed by atoms with Crippen molar-refractivity contribution in [3.05, 3.63) is 76.0 Å². The first-order valence-corrected chi connectivity index (χ1v) is 16.4. The average Bonchev–Trinajstić information content (AvgIpc) is 3.41. The largest absolute Gasteiger partial charge is 0.370 e. The summed E-state index contributed by atoms with van der Waals surface area (Å²) >= 11 is 0. The highest BCUT2D eigenvalue weighted by Crippen LogP contribution is 2.27. The lowest BCUT2D eigenvalue weighted by Crippen LogP contribution is -2.39. The minimum absolute atomic E-state index is 0.00179. The molecule has 0 radical (unpaired) electrons. The number of likely N-dealkylation sites (tertiary alicyclic amines) is 1. The zero-order chi connectivity index (χ0) is 33.3. The minimum atomic E-state index is -0.408. The summed E-state index contributed by atoms with van der Waals surface area (Å²) in [6.07, 6.45) is 11.7. The third kappa shape index (κ3) is 8.98. The normalized spacial score (nSPS) is 23.6. The van der Waals surface area contributed by atoms with Crippen molar-refractivity contribution in [2.45, 2.75) is 70.9 Å². The molecular weight excluding hydrogens is 607 g/mol. The van der Waals surface area contributed by atoms with Crippen LogP contribution >= 0.6 is 0 Å². The molecule has 1 saturated heterocycles. The molecule has 1 atom stereocenters. The van der Waals surface area contributed by atoms with Gasteiger partial charge >= 0.3 is 0 Å². The molecule has 252 valence electrons. The van der Waals surface area contributed by atoms with Crippen LogP contribution in [0.4, 0.5) is 4.39 Å². The molecule has 1 N–H and O–H groups in total. The first kappa shape index (κ1) is 34.1. The second kappa shape index (κ2) is 16.1. The summed E-state index contributed by atoms with van der Waals surface area (Å²) < 4.78 is 21.6. The van der Waals surface area contributed by atoms with Crippen molar-refractivity contribution in [1.29, 1.82) is 0 Å². The Bertz CT molecular complexity index is 1540. The summed E-state index contributed by atoms with van der Waals surface area (Å²) in [5.74, 6) is -0.375. The Kier molecular flexibility index (Phi) is 11.6. The summed E-state index contributed by atoms with van der Waals surface area (Å²) in [6.45, 7) is 9.51. The van der Waals surface area contributed by atoms with E-state index in [0.717, 1.165) is 67.2 Å². The highest BCUT2D eigenvalue weighted by Gasteiger charge is 2.28. The Morgan fingerprint density at radius 1 is 1.11 bits per heavy atom. The Labute approximate surface area is 273 Å². The number of imide groups is 1. The van der Waals surface area contributed by atoms with E-state index in [1.54, 1.807) is 10.6 Å². The van der Waals surface area contributed by atoms with E-state index in [4.69, 9.17) is 14.6 Å². The minimum Gasteiger partial charge on any atom is -0.370 e. The first-order chi connectivity index (χ1) is 22.7. The zero-order valence-electron chi connectivity index (χ0n) is 26.9. The highest BCUT2D eigenvalue weighted by atomic mass is 19.1. The molecule has 1 aromatic rings. The van der Waals surface area contributed by atoms with Crippen LogP contribution in [0.25, 0.3) is 0 Å². The SMILES string of the molecule is C=C1/C=C(F)\C=C/C/C(C2CCN(CCc3c(C)nc4n(c3=O)CCCC4OCCCNC(=O)CCN3C(=O)C=CC3=O)CC2)=N\O1. The lowest BCUT2D eigenvalue weighted by molar-refractivity contribution is -0.137. The molecule has 0 spiro atoms. The van der Waals surface area contributed by atoms with Gasteiger partial charge in [-0.2, -0.15) is 0 Å². The molecule has 3 amide bonds. The monoisotopic (exact) mass is 650 g/mol. The van der Waals surface area contributed by atoms with Crippen LogP contribution in [0.5, 0.6) is 0 Å². The number of fused-ring (bicyclic) bond motifs is 1. The van der Waals surface area contributed by atoms with Gasteiger partial charge in [0.2, 0.25) is 5.91 Å². The summed E-state index contributed by atoms with van der Waals surface area (Å²) in [6, 6.07) is 0. The predicted octanol–water partition coefficient (Wildman–Crippen LogP) is 3.18. The lowest BCUT2D eigenvalue weighted by Gasteiger charge is -2.32. The number of hydrogen-bond acceptors (Lipinski definition) is 9. The zero-order valence-corrected chi connectivity index (χ0v) is 26.9. The molecule has 12 nitrogen and oxygen atoms in total. The van der Waals surface area contributed by atoms with Crippen molar-refractivity contribution >= 4 is 23.4 Å². The van der Waals surface area contributed by atoms with Crippen LogP contribution in [-0.4, -0.2) is 82.1 Å². The Morgan fingerprint density at radius 3 is 2.64 bits per heavy atom. The van der Waals surface area contributed by atoms with Gasteiger partial charge in [0.1, 0.15) is 17.8 Å². The third-order valence-electron chi connectivity index (χ3n) is 8.98. The van der Waals surface area contributed by atoms with Gasteiger partial charge in [0.25, 0.3) is 17.4 Å². The second-order valence-electron chi connectivity index (χ2n) is 12.2. The number of rotatable bonds is 12. The van der Waals surface area contributed by atoms with E-state index in [0.29, 0.717) is 44.8 Å². The number of carbonyl (C=O) groups excluding carboxylic acids is 3. The number of amides is 3. The fourth-order valence-electron chi connectivity index (χ4n) is 6.35. The number of oxime groups is 1. The van der Waals surface area contributed by atoms with Gasteiger partial charge in [0.15, 0.2) is 5.76 Å². The van der Waals surface area contributed by atoms with E-state index >= 15 is 0 Å². The van der Waals surface area contributed by atoms with Gasteiger partial charge in [-0.05, 0) is 64.6 Å². The van der Waals surface area contributed by atoms with E-state index in [2.05, 4.69) is 22.0 Å². The first-order valence-electron chi connectivity index (χ1n) is 16.4. The molecule has 1 unspecified atom stereocenters. The molecule has 0 saturated carbocycles. The van der Waals surface area contributed by atoms with Crippen LogP contribution in [0.2, 0.25) is 0 Å². The molecule has 0 bridgehead atoms. The van der Waals surface area contributed by atoms with Gasteiger partial charge in [-0.25, -0.2) is 9.37 Å². The van der Waals surface area contributed by atoms with Crippen molar-refractivity contribution < 1.29 is 28.3 Å². The summed E-state index contributed by atoms with van der Waals surface area (Å²) in [7, 11) is 0. The number of allylic oxidation sites excluding steroid dienone is 4. The van der Waals surface area contributed by atoms with Crippen LogP contribution in [0, 0.1) is 12.8 Å². The number of hydrogen-bond donors (Lipinski definition) is 1. The number of piperidine rings is 1. The number of nitrogens with zero attached hydrogens (tertiary/aromatic N) is 5. The van der Waals surface area contributed by atoms with Gasteiger partial charge in [0.05, 0.1) is 5.71 Å². The maximum absolute atomic E-state index is 13.8. The van der Waals surface area contributed by atoms with Crippen LogP contribution < -0.4 is 10.9 Å². The number of aromatic nitrogens is 2.